The highest BCUT2D eigenvalue weighted by atomic mass is 35.5. The molecule has 0 amide bonds. The molecule has 0 saturated carbocycles. The summed E-state index contributed by atoms with van der Waals surface area (Å²) >= 11 is 5.96. The molecule has 2 rings (SSSR count). The van der Waals surface area contributed by atoms with Crippen LogP contribution >= 0.6 is 11.6 Å². The molecule has 0 fully saturated rings. The molecule has 0 radical (unpaired) electrons. The number of Topliss-reactive ketones (excluding diaryl/α,β-unsaturated/α-hetero) is 1. The number of rotatable bonds is 5. The summed E-state index contributed by atoms with van der Waals surface area (Å²) in [6.07, 6.45) is 0.194. The van der Waals surface area contributed by atoms with Gasteiger partial charge in [0.2, 0.25) is 0 Å². The SMILES string of the molecule is COc1ccc(Cl)cc1CC(=O)[C@H](N)c1ccccc1. The molecule has 0 aliphatic carbocycles. The van der Waals surface area contributed by atoms with Crippen molar-refractivity contribution >= 4 is 17.4 Å². The van der Waals surface area contributed by atoms with Crippen LogP contribution in [0.4, 0.5) is 0 Å². The number of nitrogens with two attached hydrogens (primary N) is 1. The predicted molar refractivity (Wildman–Crippen MR) is 80.1 cm³/mol. The van der Waals surface area contributed by atoms with E-state index in [9.17, 15) is 4.79 Å². The van der Waals surface area contributed by atoms with Crippen LogP contribution in [0.2, 0.25) is 5.02 Å². The van der Waals surface area contributed by atoms with Crippen LogP contribution in [0.1, 0.15) is 17.2 Å². The van der Waals surface area contributed by atoms with Gasteiger partial charge in [-0.1, -0.05) is 41.9 Å². The fourth-order valence-corrected chi connectivity index (χ4v) is 2.22. The largest absolute Gasteiger partial charge is 0.496 e. The number of methoxy groups -OCH3 is 1. The Morgan fingerprint density at radius 3 is 2.60 bits per heavy atom. The summed E-state index contributed by atoms with van der Waals surface area (Å²) in [5.41, 5.74) is 7.54. The lowest BCUT2D eigenvalue weighted by Crippen LogP contribution is -2.23. The molecule has 0 saturated heterocycles. The van der Waals surface area contributed by atoms with Crippen LogP contribution < -0.4 is 10.5 Å². The van der Waals surface area contributed by atoms with Gasteiger partial charge in [-0.3, -0.25) is 4.79 Å². The molecular formula is C16H16ClNO2. The molecule has 0 bridgehead atoms. The van der Waals surface area contributed by atoms with Crippen molar-refractivity contribution in [1.29, 1.82) is 0 Å². The topological polar surface area (TPSA) is 52.3 Å². The van der Waals surface area contributed by atoms with Crippen molar-refractivity contribution in [2.24, 2.45) is 5.73 Å². The predicted octanol–water partition coefficient (Wildman–Crippen LogP) is 3.16. The van der Waals surface area contributed by atoms with Crippen molar-refractivity contribution in [1.82, 2.24) is 0 Å². The maximum absolute atomic E-state index is 12.3. The number of carbonyl (C=O) groups is 1. The third-order valence-electron chi connectivity index (χ3n) is 3.11. The maximum atomic E-state index is 12.3. The molecule has 0 heterocycles. The van der Waals surface area contributed by atoms with Gasteiger partial charge in [-0.25, -0.2) is 0 Å². The van der Waals surface area contributed by atoms with Crippen LogP contribution in [0.25, 0.3) is 0 Å². The minimum Gasteiger partial charge on any atom is -0.496 e. The van der Waals surface area contributed by atoms with E-state index in [1.807, 2.05) is 30.3 Å². The maximum Gasteiger partial charge on any atom is 0.158 e. The molecule has 2 aromatic carbocycles. The summed E-state index contributed by atoms with van der Waals surface area (Å²) in [6, 6.07) is 13.9. The van der Waals surface area contributed by atoms with Gasteiger partial charge < -0.3 is 10.5 Å². The standard InChI is InChI=1S/C16H16ClNO2/c1-20-15-8-7-13(17)9-12(15)10-14(19)16(18)11-5-3-2-4-6-11/h2-9,16H,10,18H2,1H3/t16-/m1/s1. The zero-order valence-corrected chi connectivity index (χ0v) is 11.9. The summed E-state index contributed by atoms with van der Waals surface area (Å²) in [5, 5.41) is 0.571. The fourth-order valence-electron chi connectivity index (χ4n) is 2.03. The summed E-state index contributed by atoms with van der Waals surface area (Å²) in [4.78, 5) is 12.3. The fraction of sp³-hybridized carbons (Fsp3) is 0.188. The van der Waals surface area contributed by atoms with E-state index >= 15 is 0 Å². The summed E-state index contributed by atoms with van der Waals surface area (Å²) < 4.78 is 5.23. The normalized spacial score (nSPS) is 11.9. The van der Waals surface area contributed by atoms with Gasteiger partial charge in [-0.15, -0.1) is 0 Å². The Hall–Kier alpha value is -1.84. The van der Waals surface area contributed by atoms with Gasteiger partial charge in [0, 0.05) is 17.0 Å². The van der Waals surface area contributed by atoms with E-state index in [2.05, 4.69) is 0 Å². The first-order chi connectivity index (χ1) is 9.61. The van der Waals surface area contributed by atoms with E-state index in [1.54, 1.807) is 25.3 Å². The average Bonchev–Trinajstić information content (AvgIpc) is 2.47. The third-order valence-corrected chi connectivity index (χ3v) is 3.35. The highest BCUT2D eigenvalue weighted by Gasteiger charge is 2.17. The first-order valence-corrected chi connectivity index (χ1v) is 6.65. The Kier molecular flexibility index (Phi) is 4.77. The van der Waals surface area contributed by atoms with Gasteiger partial charge in [0.05, 0.1) is 13.2 Å². The number of benzene rings is 2. The summed E-state index contributed by atoms with van der Waals surface area (Å²) in [7, 11) is 1.56. The van der Waals surface area contributed by atoms with Gasteiger partial charge >= 0.3 is 0 Å². The van der Waals surface area contributed by atoms with Crippen LogP contribution in [-0.4, -0.2) is 12.9 Å². The molecule has 0 aliphatic heterocycles. The molecule has 4 heteroatoms. The Bertz CT molecular complexity index is 599. The lowest BCUT2D eigenvalue weighted by Gasteiger charge is -2.13. The van der Waals surface area contributed by atoms with Crippen LogP contribution in [-0.2, 0) is 11.2 Å². The van der Waals surface area contributed by atoms with Crippen molar-refractivity contribution in [2.75, 3.05) is 7.11 Å². The van der Waals surface area contributed by atoms with Gasteiger partial charge in [0.25, 0.3) is 0 Å². The number of ketones is 1. The Morgan fingerprint density at radius 1 is 1.25 bits per heavy atom. The summed E-state index contributed by atoms with van der Waals surface area (Å²) in [5.74, 6) is 0.569. The van der Waals surface area contributed by atoms with Gasteiger partial charge in [-0.2, -0.15) is 0 Å². The van der Waals surface area contributed by atoms with Crippen molar-refractivity contribution in [2.45, 2.75) is 12.5 Å². The number of hydrogen-bond acceptors (Lipinski definition) is 3. The number of ether oxygens (including phenoxy) is 1. The van der Waals surface area contributed by atoms with Crippen LogP contribution in [0.5, 0.6) is 5.75 Å². The van der Waals surface area contributed by atoms with Crippen LogP contribution in [0, 0.1) is 0 Å². The van der Waals surface area contributed by atoms with E-state index in [1.165, 1.54) is 0 Å². The van der Waals surface area contributed by atoms with Gasteiger partial charge in [0.1, 0.15) is 5.75 Å². The van der Waals surface area contributed by atoms with Crippen molar-refractivity contribution in [3.05, 3.63) is 64.7 Å². The minimum atomic E-state index is -0.639. The number of carbonyl (C=O) groups excluding carboxylic acids is 1. The lowest BCUT2D eigenvalue weighted by molar-refractivity contribution is -0.119. The molecule has 0 spiro atoms. The molecule has 104 valence electrons. The molecule has 2 aromatic rings. The van der Waals surface area contributed by atoms with Gasteiger partial charge in [-0.05, 0) is 23.8 Å². The van der Waals surface area contributed by atoms with Crippen LogP contribution in [0.3, 0.4) is 0 Å². The van der Waals surface area contributed by atoms with E-state index in [0.717, 1.165) is 11.1 Å². The van der Waals surface area contributed by atoms with Crippen molar-refractivity contribution in [3.8, 4) is 5.75 Å². The molecular weight excluding hydrogens is 274 g/mol. The van der Waals surface area contributed by atoms with E-state index in [0.29, 0.717) is 10.8 Å². The minimum absolute atomic E-state index is 0.0724. The molecule has 0 aromatic heterocycles. The second kappa shape index (κ2) is 6.55. The van der Waals surface area contributed by atoms with Crippen molar-refractivity contribution in [3.63, 3.8) is 0 Å². The molecule has 20 heavy (non-hydrogen) atoms. The Balaban J connectivity index is 2.18. The molecule has 3 nitrogen and oxygen atoms in total. The van der Waals surface area contributed by atoms with Gasteiger partial charge in [0.15, 0.2) is 5.78 Å². The zero-order valence-electron chi connectivity index (χ0n) is 11.2. The number of hydrogen-bond donors (Lipinski definition) is 1. The monoisotopic (exact) mass is 289 g/mol. The first kappa shape index (κ1) is 14.6. The van der Waals surface area contributed by atoms with E-state index < -0.39 is 6.04 Å². The quantitative estimate of drug-likeness (QED) is 0.920. The summed E-state index contributed by atoms with van der Waals surface area (Å²) in [6.45, 7) is 0. The highest BCUT2D eigenvalue weighted by molar-refractivity contribution is 6.30. The van der Waals surface area contributed by atoms with Crippen LogP contribution in [0.15, 0.2) is 48.5 Å². The Labute approximate surface area is 123 Å². The molecule has 2 N–H and O–H groups in total. The second-order valence-electron chi connectivity index (χ2n) is 4.49. The second-order valence-corrected chi connectivity index (χ2v) is 4.92. The van der Waals surface area contributed by atoms with Crippen molar-refractivity contribution < 1.29 is 9.53 Å². The Morgan fingerprint density at radius 2 is 1.95 bits per heavy atom. The smallest absolute Gasteiger partial charge is 0.158 e. The highest BCUT2D eigenvalue weighted by Crippen LogP contribution is 2.24. The third kappa shape index (κ3) is 3.38. The zero-order chi connectivity index (χ0) is 14.5. The first-order valence-electron chi connectivity index (χ1n) is 6.27. The van der Waals surface area contributed by atoms with E-state index in [-0.39, 0.29) is 12.2 Å². The molecule has 0 unspecified atom stereocenters. The number of halogens is 1. The van der Waals surface area contributed by atoms with E-state index in [4.69, 9.17) is 22.1 Å². The molecule has 1 atom stereocenters. The lowest BCUT2D eigenvalue weighted by atomic mass is 9.98. The average molecular weight is 290 g/mol. The molecule has 0 aliphatic rings.